The van der Waals surface area contributed by atoms with Crippen molar-refractivity contribution in [2.24, 2.45) is 11.8 Å². The van der Waals surface area contributed by atoms with Crippen molar-refractivity contribution < 1.29 is 19.0 Å². The molecule has 0 aromatic carbocycles. The summed E-state index contributed by atoms with van der Waals surface area (Å²) in [5, 5.41) is 0. The van der Waals surface area contributed by atoms with Crippen LogP contribution in [0.4, 0.5) is 0 Å². The van der Waals surface area contributed by atoms with Crippen LogP contribution in [0, 0.1) is 11.8 Å². The minimum absolute atomic E-state index is 0.0128. The first-order valence-electron chi connectivity index (χ1n) is 7.02. The summed E-state index contributed by atoms with van der Waals surface area (Å²) in [7, 11) is 0. The Kier molecular flexibility index (Phi) is 4.28. The molecule has 0 aromatic rings. The summed E-state index contributed by atoms with van der Waals surface area (Å²) in [4.78, 5) is 12.0. The third-order valence-corrected chi connectivity index (χ3v) is 3.92. The van der Waals surface area contributed by atoms with Crippen LogP contribution >= 0.6 is 0 Å². The molecule has 0 radical (unpaired) electrons. The van der Waals surface area contributed by atoms with E-state index < -0.39 is 5.79 Å². The molecule has 0 bridgehead atoms. The quantitative estimate of drug-likeness (QED) is 0.728. The molecular weight excluding hydrogens is 232 g/mol. The van der Waals surface area contributed by atoms with Crippen LogP contribution < -0.4 is 0 Å². The van der Waals surface area contributed by atoms with Gasteiger partial charge in [-0.3, -0.25) is 4.79 Å². The maximum Gasteiger partial charge on any atom is 0.309 e. The number of rotatable bonds is 3. The lowest BCUT2D eigenvalue weighted by Gasteiger charge is -2.33. The van der Waals surface area contributed by atoms with Gasteiger partial charge in [-0.1, -0.05) is 12.8 Å². The van der Waals surface area contributed by atoms with E-state index in [1.807, 2.05) is 20.8 Å². The minimum atomic E-state index is -0.513. The summed E-state index contributed by atoms with van der Waals surface area (Å²) in [6.45, 7) is 6.75. The highest BCUT2D eigenvalue weighted by Gasteiger charge is 2.43. The van der Waals surface area contributed by atoms with Gasteiger partial charge in [0.1, 0.15) is 0 Å². The Morgan fingerprint density at radius 2 is 2.06 bits per heavy atom. The second-order valence-electron chi connectivity index (χ2n) is 5.67. The topological polar surface area (TPSA) is 44.8 Å². The molecule has 4 heteroatoms. The molecule has 1 aliphatic carbocycles. The fourth-order valence-corrected chi connectivity index (χ4v) is 3.07. The van der Waals surface area contributed by atoms with Crippen molar-refractivity contribution in [3.63, 3.8) is 0 Å². The van der Waals surface area contributed by atoms with Crippen molar-refractivity contribution in [1.29, 1.82) is 0 Å². The van der Waals surface area contributed by atoms with Crippen LogP contribution in [0.15, 0.2) is 0 Å². The minimum Gasteiger partial charge on any atom is -0.466 e. The summed E-state index contributed by atoms with van der Waals surface area (Å²) < 4.78 is 16.7. The second-order valence-corrected chi connectivity index (χ2v) is 5.67. The molecule has 2 rings (SSSR count). The lowest BCUT2D eigenvalue weighted by Crippen LogP contribution is -2.38. The number of carbonyl (C=O) groups excluding carboxylic acids is 1. The predicted molar refractivity (Wildman–Crippen MR) is 67.0 cm³/mol. The molecule has 104 valence electrons. The van der Waals surface area contributed by atoms with E-state index in [1.54, 1.807) is 0 Å². The lowest BCUT2D eigenvalue weighted by molar-refractivity contribution is -0.163. The summed E-state index contributed by atoms with van der Waals surface area (Å²) >= 11 is 0. The molecule has 1 aliphatic heterocycles. The van der Waals surface area contributed by atoms with E-state index in [-0.39, 0.29) is 23.9 Å². The number of esters is 1. The highest BCUT2D eigenvalue weighted by atomic mass is 16.7. The van der Waals surface area contributed by atoms with E-state index in [0.717, 1.165) is 19.3 Å². The normalized spacial score (nSPS) is 35.4. The van der Waals surface area contributed by atoms with Crippen molar-refractivity contribution >= 4 is 5.97 Å². The van der Waals surface area contributed by atoms with Crippen LogP contribution in [0.3, 0.4) is 0 Å². The Bertz CT molecular complexity index is 300. The van der Waals surface area contributed by atoms with Gasteiger partial charge in [0.2, 0.25) is 0 Å². The van der Waals surface area contributed by atoms with Crippen LogP contribution in [0.1, 0.15) is 46.5 Å². The zero-order chi connectivity index (χ0) is 13.2. The van der Waals surface area contributed by atoms with Crippen LogP contribution in [-0.4, -0.2) is 31.1 Å². The summed E-state index contributed by atoms with van der Waals surface area (Å²) in [6, 6.07) is 0. The Hall–Kier alpha value is -0.610. The first kappa shape index (κ1) is 13.8. The van der Waals surface area contributed by atoms with E-state index in [4.69, 9.17) is 14.2 Å². The van der Waals surface area contributed by atoms with Gasteiger partial charge >= 0.3 is 5.97 Å². The van der Waals surface area contributed by atoms with Crippen molar-refractivity contribution in [2.75, 3.05) is 13.2 Å². The smallest absolute Gasteiger partial charge is 0.309 e. The molecule has 3 atom stereocenters. The van der Waals surface area contributed by atoms with E-state index in [9.17, 15) is 4.79 Å². The molecule has 2 aliphatic rings. The zero-order valence-electron chi connectivity index (χ0n) is 11.6. The lowest BCUT2D eigenvalue weighted by atomic mass is 9.76. The Balaban J connectivity index is 2.02. The van der Waals surface area contributed by atoms with Crippen molar-refractivity contribution in [3.05, 3.63) is 0 Å². The molecule has 1 saturated heterocycles. The maximum absolute atomic E-state index is 12.0. The standard InChI is InChI=1S/C14H24O4/c1-4-16-13(15)11-8-6-5-7-10(11)12-9-17-14(2,3)18-12/h10-12H,4-9H2,1-3H3/t10-,11-,12+/m0/s1. The number of hydrogen-bond acceptors (Lipinski definition) is 4. The highest BCUT2D eigenvalue weighted by Crippen LogP contribution is 2.38. The molecule has 0 amide bonds. The van der Waals surface area contributed by atoms with Gasteiger partial charge in [-0.05, 0) is 33.6 Å². The number of hydrogen-bond donors (Lipinski definition) is 0. The molecule has 0 spiro atoms. The number of ether oxygens (including phenoxy) is 3. The summed E-state index contributed by atoms with van der Waals surface area (Å²) in [5.74, 6) is -0.335. The summed E-state index contributed by atoms with van der Waals surface area (Å²) in [6.07, 6.45) is 4.27. The van der Waals surface area contributed by atoms with Crippen LogP contribution in [0.5, 0.6) is 0 Å². The second kappa shape index (κ2) is 5.57. The Morgan fingerprint density at radius 1 is 1.33 bits per heavy atom. The van der Waals surface area contributed by atoms with E-state index in [1.165, 1.54) is 6.42 Å². The highest BCUT2D eigenvalue weighted by molar-refractivity contribution is 5.73. The molecule has 18 heavy (non-hydrogen) atoms. The molecule has 0 unspecified atom stereocenters. The number of carbonyl (C=O) groups is 1. The third-order valence-electron chi connectivity index (χ3n) is 3.92. The Labute approximate surface area is 109 Å². The van der Waals surface area contributed by atoms with Gasteiger partial charge in [0.05, 0.1) is 25.2 Å². The molecule has 2 fully saturated rings. The molecule has 1 saturated carbocycles. The van der Waals surface area contributed by atoms with Crippen molar-refractivity contribution in [1.82, 2.24) is 0 Å². The SMILES string of the molecule is CCOC(=O)[C@H]1CCCC[C@@H]1[C@H]1COC(C)(C)O1. The predicted octanol–water partition coefficient (Wildman–Crippen LogP) is 2.51. The van der Waals surface area contributed by atoms with Gasteiger partial charge in [-0.15, -0.1) is 0 Å². The van der Waals surface area contributed by atoms with E-state index in [0.29, 0.717) is 13.2 Å². The summed E-state index contributed by atoms with van der Waals surface area (Å²) in [5.41, 5.74) is 0. The molecular formula is C14H24O4. The van der Waals surface area contributed by atoms with Crippen LogP contribution in [0.2, 0.25) is 0 Å². The van der Waals surface area contributed by atoms with Gasteiger partial charge < -0.3 is 14.2 Å². The van der Waals surface area contributed by atoms with Gasteiger partial charge in [-0.25, -0.2) is 0 Å². The third kappa shape index (κ3) is 3.04. The molecule has 0 N–H and O–H groups in total. The largest absolute Gasteiger partial charge is 0.466 e. The fourth-order valence-electron chi connectivity index (χ4n) is 3.07. The first-order valence-corrected chi connectivity index (χ1v) is 7.02. The van der Waals surface area contributed by atoms with Gasteiger partial charge in [0, 0.05) is 5.92 Å². The first-order chi connectivity index (χ1) is 8.53. The van der Waals surface area contributed by atoms with Gasteiger partial charge in [0.15, 0.2) is 5.79 Å². The Morgan fingerprint density at radius 3 is 2.67 bits per heavy atom. The van der Waals surface area contributed by atoms with Crippen molar-refractivity contribution in [2.45, 2.75) is 58.3 Å². The van der Waals surface area contributed by atoms with Crippen LogP contribution in [0.25, 0.3) is 0 Å². The van der Waals surface area contributed by atoms with Crippen LogP contribution in [-0.2, 0) is 19.0 Å². The van der Waals surface area contributed by atoms with Gasteiger partial charge in [0.25, 0.3) is 0 Å². The zero-order valence-corrected chi connectivity index (χ0v) is 11.6. The molecule has 4 nitrogen and oxygen atoms in total. The maximum atomic E-state index is 12.0. The monoisotopic (exact) mass is 256 g/mol. The van der Waals surface area contributed by atoms with E-state index >= 15 is 0 Å². The van der Waals surface area contributed by atoms with Crippen molar-refractivity contribution in [3.8, 4) is 0 Å². The molecule has 1 heterocycles. The van der Waals surface area contributed by atoms with Gasteiger partial charge in [-0.2, -0.15) is 0 Å². The average molecular weight is 256 g/mol. The fraction of sp³-hybridized carbons (Fsp3) is 0.929. The average Bonchev–Trinajstić information content (AvgIpc) is 2.70. The van der Waals surface area contributed by atoms with E-state index in [2.05, 4.69) is 0 Å². The molecule has 0 aromatic heterocycles.